The van der Waals surface area contributed by atoms with Gasteiger partial charge in [-0.15, -0.1) is 0 Å². The van der Waals surface area contributed by atoms with Crippen LogP contribution in [0.3, 0.4) is 0 Å². The second kappa shape index (κ2) is 3.38. The van der Waals surface area contributed by atoms with Crippen LogP contribution in [0.15, 0.2) is 0 Å². The number of hydrogen-bond acceptors (Lipinski definition) is 4. The molecule has 2 rings (SSSR count). The van der Waals surface area contributed by atoms with E-state index in [1.165, 1.54) is 0 Å². The predicted molar refractivity (Wildman–Crippen MR) is 45.8 cm³/mol. The first kappa shape index (κ1) is 9.14. The van der Waals surface area contributed by atoms with E-state index < -0.39 is 17.8 Å². The van der Waals surface area contributed by atoms with Gasteiger partial charge in [0.15, 0.2) is 0 Å². The average Bonchev–Trinajstić information content (AvgIpc) is 2.43. The minimum absolute atomic E-state index is 0.623. The lowest BCUT2D eigenvalue weighted by Gasteiger charge is -2.31. The predicted octanol–water partition coefficient (Wildman–Crippen LogP) is -0.534. The van der Waals surface area contributed by atoms with Gasteiger partial charge in [0.1, 0.15) is 0 Å². The second-order valence-corrected chi connectivity index (χ2v) is 3.39. The summed E-state index contributed by atoms with van der Waals surface area (Å²) in [5, 5.41) is 4.52. The van der Waals surface area contributed by atoms with E-state index in [9.17, 15) is 14.4 Å². The molecule has 0 aromatic heterocycles. The number of piperidine rings is 1. The number of nitrogens with one attached hydrogen (secondary N) is 1. The molecule has 2 aliphatic heterocycles. The van der Waals surface area contributed by atoms with Crippen LogP contribution in [0.25, 0.3) is 0 Å². The van der Waals surface area contributed by atoms with Gasteiger partial charge in [0.2, 0.25) is 0 Å². The van der Waals surface area contributed by atoms with E-state index in [1.54, 1.807) is 5.01 Å². The maximum Gasteiger partial charge on any atom is 0.346 e. The number of nitrogens with zero attached hydrogens (tertiary/aromatic N) is 2. The molecule has 0 unspecified atom stereocenters. The zero-order valence-corrected chi connectivity index (χ0v) is 7.65. The highest BCUT2D eigenvalue weighted by atomic mass is 16.2. The molecule has 0 aromatic rings. The van der Waals surface area contributed by atoms with Gasteiger partial charge in [0, 0.05) is 13.1 Å². The Morgan fingerprint density at radius 2 is 1.64 bits per heavy atom. The van der Waals surface area contributed by atoms with Gasteiger partial charge < -0.3 is 0 Å². The molecule has 2 fully saturated rings. The summed E-state index contributed by atoms with van der Waals surface area (Å²) in [6, 6.07) is -0.623. The van der Waals surface area contributed by atoms with Crippen LogP contribution in [-0.2, 0) is 9.59 Å². The molecule has 14 heavy (non-hydrogen) atoms. The molecule has 0 bridgehead atoms. The second-order valence-electron chi connectivity index (χ2n) is 3.39. The fourth-order valence-corrected chi connectivity index (χ4v) is 1.73. The fourth-order valence-electron chi connectivity index (χ4n) is 1.73. The van der Waals surface area contributed by atoms with Gasteiger partial charge in [0.05, 0.1) is 0 Å². The van der Waals surface area contributed by atoms with Gasteiger partial charge >= 0.3 is 17.8 Å². The quantitative estimate of drug-likeness (QED) is 0.453. The molecule has 0 spiro atoms. The van der Waals surface area contributed by atoms with Gasteiger partial charge in [-0.2, -0.15) is 5.01 Å². The molecule has 0 aliphatic carbocycles. The lowest BCUT2D eigenvalue weighted by Crippen LogP contribution is -2.49. The van der Waals surface area contributed by atoms with Gasteiger partial charge in [-0.1, -0.05) is 6.42 Å². The maximum atomic E-state index is 11.3. The highest BCUT2D eigenvalue weighted by Crippen LogP contribution is 2.14. The molecule has 4 amide bonds. The monoisotopic (exact) mass is 197 g/mol. The standard InChI is InChI=1S/C8H11N3O3/c12-6-7(13)11(8(14)9-6)10-4-2-1-3-5-10/h1-5H2,(H,9,12,14). The summed E-state index contributed by atoms with van der Waals surface area (Å²) in [5.41, 5.74) is 0. The van der Waals surface area contributed by atoms with Gasteiger partial charge in [-0.05, 0) is 12.8 Å². The molecule has 0 radical (unpaired) electrons. The Morgan fingerprint density at radius 3 is 2.14 bits per heavy atom. The molecule has 2 heterocycles. The van der Waals surface area contributed by atoms with Crippen molar-refractivity contribution in [1.82, 2.24) is 15.3 Å². The number of hydrazine groups is 1. The number of urea groups is 1. The van der Waals surface area contributed by atoms with E-state index in [0.29, 0.717) is 13.1 Å². The van der Waals surface area contributed by atoms with Crippen molar-refractivity contribution in [2.75, 3.05) is 13.1 Å². The Hall–Kier alpha value is -1.43. The molecule has 76 valence electrons. The first-order chi connectivity index (χ1) is 6.70. The van der Waals surface area contributed by atoms with Gasteiger partial charge in [-0.25, -0.2) is 9.80 Å². The van der Waals surface area contributed by atoms with Crippen molar-refractivity contribution in [2.24, 2.45) is 0 Å². The van der Waals surface area contributed by atoms with Crippen LogP contribution in [0.1, 0.15) is 19.3 Å². The third kappa shape index (κ3) is 1.37. The van der Waals surface area contributed by atoms with E-state index in [1.807, 2.05) is 5.32 Å². The molecule has 0 saturated carbocycles. The summed E-state index contributed by atoms with van der Waals surface area (Å²) >= 11 is 0. The normalized spacial score (nSPS) is 24.3. The van der Waals surface area contributed by atoms with Crippen LogP contribution >= 0.6 is 0 Å². The van der Waals surface area contributed by atoms with E-state index in [-0.39, 0.29) is 0 Å². The number of hydrogen-bond donors (Lipinski definition) is 1. The Morgan fingerprint density at radius 1 is 1.00 bits per heavy atom. The van der Waals surface area contributed by atoms with E-state index in [4.69, 9.17) is 0 Å². The first-order valence-corrected chi connectivity index (χ1v) is 4.64. The third-order valence-corrected chi connectivity index (χ3v) is 2.41. The number of imide groups is 2. The SMILES string of the molecule is O=C1NC(=O)N(N2CCCCC2)C1=O. The average molecular weight is 197 g/mol. The van der Waals surface area contributed by atoms with E-state index in [2.05, 4.69) is 0 Å². The van der Waals surface area contributed by atoms with Crippen molar-refractivity contribution >= 4 is 17.8 Å². The van der Waals surface area contributed by atoms with Crippen molar-refractivity contribution in [2.45, 2.75) is 19.3 Å². The molecule has 0 atom stereocenters. The third-order valence-electron chi connectivity index (χ3n) is 2.41. The molecule has 1 N–H and O–H groups in total. The van der Waals surface area contributed by atoms with Crippen LogP contribution < -0.4 is 5.32 Å². The molecule has 0 aromatic carbocycles. The smallest absolute Gasteiger partial charge is 0.268 e. The minimum Gasteiger partial charge on any atom is -0.268 e. The first-order valence-electron chi connectivity index (χ1n) is 4.64. The zero-order valence-electron chi connectivity index (χ0n) is 7.65. The minimum atomic E-state index is -0.833. The van der Waals surface area contributed by atoms with Crippen LogP contribution in [-0.4, -0.2) is 41.0 Å². The number of carbonyl (C=O) groups is 3. The van der Waals surface area contributed by atoms with Crippen LogP contribution in [0.5, 0.6) is 0 Å². The largest absolute Gasteiger partial charge is 0.346 e. The molecule has 2 saturated heterocycles. The molecular formula is C8H11N3O3. The molecular weight excluding hydrogens is 186 g/mol. The molecule has 2 aliphatic rings. The zero-order chi connectivity index (χ0) is 10.1. The van der Waals surface area contributed by atoms with Crippen LogP contribution in [0.4, 0.5) is 4.79 Å². The van der Waals surface area contributed by atoms with Crippen molar-refractivity contribution in [3.05, 3.63) is 0 Å². The van der Waals surface area contributed by atoms with Crippen LogP contribution in [0.2, 0.25) is 0 Å². The summed E-state index contributed by atoms with van der Waals surface area (Å²) in [7, 11) is 0. The lowest BCUT2D eigenvalue weighted by molar-refractivity contribution is -0.148. The van der Waals surface area contributed by atoms with Crippen molar-refractivity contribution in [3.8, 4) is 0 Å². The summed E-state index contributed by atoms with van der Waals surface area (Å²) in [6.45, 7) is 1.32. The van der Waals surface area contributed by atoms with Crippen LogP contribution in [0, 0.1) is 0 Å². The maximum absolute atomic E-state index is 11.3. The Balaban J connectivity index is 2.12. The highest BCUT2D eigenvalue weighted by Gasteiger charge is 2.40. The van der Waals surface area contributed by atoms with Gasteiger partial charge in [-0.3, -0.25) is 14.9 Å². The fraction of sp³-hybridized carbons (Fsp3) is 0.625. The van der Waals surface area contributed by atoms with E-state index in [0.717, 1.165) is 24.3 Å². The summed E-state index contributed by atoms with van der Waals surface area (Å²) in [5.74, 6) is -1.60. The van der Waals surface area contributed by atoms with E-state index >= 15 is 0 Å². The topological polar surface area (TPSA) is 69.7 Å². The summed E-state index contributed by atoms with van der Waals surface area (Å²) < 4.78 is 0. The summed E-state index contributed by atoms with van der Waals surface area (Å²) in [4.78, 5) is 33.4. The highest BCUT2D eigenvalue weighted by molar-refractivity contribution is 6.44. The Bertz CT molecular complexity index is 296. The molecule has 6 heteroatoms. The lowest BCUT2D eigenvalue weighted by atomic mass is 10.2. The summed E-state index contributed by atoms with van der Waals surface area (Å²) in [6.07, 6.45) is 3.00. The number of rotatable bonds is 1. The van der Waals surface area contributed by atoms with Gasteiger partial charge in [0.25, 0.3) is 0 Å². The van der Waals surface area contributed by atoms with Crippen molar-refractivity contribution < 1.29 is 14.4 Å². The van der Waals surface area contributed by atoms with Crippen molar-refractivity contribution in [1.29, 1.82) is 0 Å². The number of carbonyl (C=O) groups excluding carboxylic acids is 3. The Labute approximate surface area is 80.8 Å². The Kier molecular flexibility index (Phi) is 2.20. The van der Waals surface area contributed by atoms with Crippen molar-refractivity contribution in [3.63, 3.8) is 0 Å². The number of amides is 4. The molecule has 6 nitrogen and oxygen atoms in total.